The Morgan fingerprint density at radius 2 is 1.83 bits per heavy atom. The quantitative estimate of drug-likeness (QED) is 0.363. The topological polar surface area (TPSA) is 90.7 Å². The number of nitro groups is 1. The van der Waals surface area contributed by atoms with Gasteiger partial charge >= 0.3 is 6.18 Å². The maximum absolute atomic E-state index is 13.0. The SMILES string of the molecule is CCCCOc1cccc(OCC(=O)Nc2ccc([N+](=O)[O-])c(C(F)(F)F)c2)c1. The molecule has 0 spiro atoms. The lowest BCUT2D eigenvalue weighted by Gasteiger charge is -2.12. The van der Waals surface area contributed by atoms with Crippen LogP contribution in [0.15, 0.2) is 42.5 Å². The molecule has 1 N–H and O–H groups in total. The van der Waals surface area contributed by atoms with Crippen molar-refractivity contribution in [1.82, 2.24) is 0 Å². The highest BCUT2D eigenvalue weighted by Gasteiger charge is 2.38. The zero-order chi connectivity index (χ0) is 21.4. The average Bonchev–Trinajstić information content (AvgIpc) is 2.66. The number of unbranched alkanes of at least 4 members (excludes halogenated alkanes) is 1. The van der Waals surface area contributed by atoms with Gasteiger partial charge in [-0.05, 0) is 30.7 Å². The minimum Gasteiger partial charge on any atom is -0.493 e. The Morgan fingerprint density at radius 3 is 2.45 bits per heavy atom. The highest BCUT2D eigenvalue weighted by atomic mass is 19.4. The van der Waals surface area contributed by atoms with Crippen LogP contribution in [0.25, 0.3) is 0 Å². The predicted octanol–water partition coefficient (Wildman–Crippen LogP) is 4.81. The Balaban J connectivity index is 1.99. The second kappa shape index (κ2) is 9.76. The lowest BCUT2D eigenvalue weighted by molar-refractivity contribution is -0.388. The van der Waals surface area contributed by atoms with Crippen LogP contribution in [-0.4, -0.2) is 24.0 Å². The summed E-state index contributed by atoms with van der Waals surface area (Å²) in [4.78, 5) is 21.6. The molecule has 0 unspecified atom stereocenters. The number of halogens is 3. The summed E-state index contributed by atoms with van der Waals surface area (Å²) in [5.74, 6) is 0.208. The number of anilines is 1. The molecule has 0 saturated heterocycles. The van der Waals surface area contributed by atoms with Gasteiger partial charge in [-0.1, -0.05) is 19.4 Å². The summed E-state index contributed by atoms with van der Waals surface area (Å²) in [7, 11) is 0. The van der Waals surface area contributed by atoms with Crippen molar-refractivity contribution in [3.63, 3.8) is 0 Å². The van der Waals surface area contributed by atoms with Crippen LogP contribution in [0.2, 0.25) is 0 Å². The van der Waals surface area contributed by atoms with Gasteiger partial charge in [0.2, 0.25) is 0 Å². The van der Waals surface area contributed by atoms with Gasteiger partial charge in [0.15, 0.2) is 6.61 Å². The molecule has 156 valence electrons. The van der Waals surface area contributed by atoms with Crippen LogP contribution in [0.1, 0.15) is 25.3 Å². The standard InChI is InChI=1S/C19H19F3N2O5/c1-2-3-9-28-14-5-4-6-15(11-14)29-12-18(25)23-13-7-8-17(24(26)27)16(10-13)19(20,21)22/h4-8,10-11H,2-3,9,12H2,1H3,(H,23,25). The number of carbonyl (C=O) groups excluding carboxylic acids is 1. The minimum atomic E-state index is -4.93. The normalized spacial score (nSPS) is 11.0. The summed E-state index contributed by atoms with van der Waals surface area (Å²) in [6.45, 7) is 2.11. The van der Waals surface area contributed by atoms with Crippen molar-refractivity contribution >= 4 is 17.3 Å². The first-order chi connectivity index (χ1) is 13.7. The fourth-order valence-electron chi connectivity index (χ4n) is 2.33. The first-order valence-electron chi connectivity index (χ1n) is 8.72. The molecular formula is C19H19F3N2O5. The Morgan fingerprint density at radius 1 is 1.14 bits per heavy atom. The third-order valence-electron chi connectivity index (χ3n) is 3.72. The molecule has 29 heavy (non-hydrogen) atoms. The average molecular weight is 412 g/mol. The van der Waals surface area contributed by atoms with Gasteiger partial charge in [-0.15, -0.1) is 0 Å². The second-order valence-electron chi connectivity index (χ2n) is 6.00. The van der Waals surface area contributed by atoms with Crippen molar-refractivity contribution in [3.8, 4) is 11.5 Å². The Labute approximate surface area is 164 Å². The van der Waals surface area contributed by atoms with Gasteiger partial charge in [-0.3, -0.25) is 14.9 Å². The third kappa shape index (κ3) is 6.66. The highest BCUT2D eigenvalue weighted by Crippen LogP contribution is 2.37. The van der Waals surface area contributed by atoms with Gasteiger partial charge in [0, 0.05) is 17.8 Å². The molecule has 0 fully saturated rings. The number of nitrogens with zero attached hydrogens (tertiary/aromatic N) is 1. The largest absolute Gasteiger partial charge is 0.493 e. The number of hydrogen-bond acceptors (Lipinski definition) is 5. The highest BCUT2D eigenvalue weighted by molar-refractivity contribution is 5.92. The molecule has 1 amide bonds. The van der Waals surface area contributed by atoms with Crippen LogP contribution in [0.4, 0.5) is 24.5 Å². The summed E-state index contributed by atoms with van der Waals surface area (Å²) >= 11 is 0. The van der Waals surface area contributed by atoms with E-state index in [0.29, 0.717) is 30.2 Å². The molecule has 0 radical (unpaired) electrons. The van der Waals surface area contributed by atoms with Gasteiger partial charge < -0.3 is 14.8 Å². The van der Waals surface area contributed by atoms with Crippen molar-refractivity contribution in [1.29, 1.82) is 0 Å². The van der Waals surface area contributed by atoms with Gasteiger partial charge in [-0.2, -0.15) is 13.2 Å². The molecule has 0 bridgehead atoms. The molecule has 0 saturated carbocycles. The van der Waals surface area contributed by atoms with E-state index in [-0.39, 0.29) is 5.69 Å². The molecule has 0 aliphatic rings. The first-order valence-corrected chi connectivity index (χ1v) is 8.72. The summed E-state index contributed by atoms with van der Waals surface area (Å²) < 4.78 is 49.8. The van der Waals surface area contributed by atoms with E-state index in [0.717, 1.165) is 18.9 Å². The van der Waals surface area contributed by atoms with Crippen molar-refractivity contribution in [2.75, 3.05) is 18.5 Å². The Kier molecular flexibility index (Phi) is 7.40. The number of amides is 1. The van der Waals surface area contributed by atoms with E-state index >= 15 is 0 Å². The first kappa shape index (κ1) is 22.0. The van der Waals surface area contributed by atoms with E-state index in [9.17, 15) is 28.1 Å². The monoisotopic (exact) mass is 412 g/mol. The number of hydrogen-bond donors (Lipinski definition) is 1. The molecule has 0 heterocycles. The van der Waals surface area contributed by atoms with E-state index in [1.807, 2.05) is 6.92 Å². The van der Waals surface area contributed by atoms with E-state index in [2.05, 4.69) is 5.32 Å². The molecule has 10 heteroatoms. The van der Waals surface area contributed by atoms with Crippen molar-refractivity contribution in [2.45, 2.75) is 25.9 Å². The van der Waals surface area contributed by atoms with Gasteiger partial charge in [0.1, 0.15) is 17.1 Å². The Bertz CT molecular complexity index is 871. The van der Waals surface area contributed by atoms with E-state index < -0.39 is 34.9 Å². The maximum Gasteiger partial charge on any atom is 0.423 e. The molecule has 0 aliphatic carbocycles. The molecule has 2 aromatic carbocycles. The van der Waals surface area contributed by atoms with E-state index in [4.69, 9.17) is 9.47 Å². The zero-order valence-corrected chi connectivity index (χ0v) is 15.5. The minimum absolute atomic E-state index is 0.229. The molecule has 0 atom stereocenters. The number of nitrogens with one attached hydrogen (secondary N) is 1. The predicted molar refractivity (Wildman–Crippen MR) is 99.1 cm³/mol. The number of nitro benzene ring substituents is 1. The van der Waals surface area contributed by atoms with Gasteiger partial charge in [0.25, 0.3) is 11.6 Å². The lowest BCUT2D eigenvalue weighted by Crippen LogP contribution is -2.20. The molecule has 0 aromatic heterocycles. The molecular weight excluding hydrogens is 393 g/mol. The second-order valence-corrected chi connectivity index (χ2v) is 6.00. The summed E-state index contributed by atoms with van der Waals surface area (Å²) in [6.07, 6.45) is -3.06. The van der Waals surface area contributed by atoms with Crippen LogP contribution < -0.4 is 14.8 Å². The zero-order valence-electron chi connectivity index (χ0n) is 15.5. The number of carbonyl (C=O) groups is 1. The maximum atomic E-state index is 13.0. The number of benzene rings is 2. The summed E-state index contributed by atoms with van der Waals surface area (Å²) in [5.41, 5.74) is -2.77. The molecule has 0 aliphatic heterocycles. The Hall–Kier alpha value is -3.30. The van der Waals surface area contributed by atoms with Crippen LogP contribution in [0.5, 0.6) is 11.5 Å². The van der Waals surface area contributed by atoms with Crippen molar-refractivity contribution < 1.29 is 32.4 Å². The molecule has 2 aromatic rings. The van der Waals surface area contributed by atoms with E-state index in [1.54, 1.807) is 24.3 Å². The summed E-state index contributed by atoms with van der Waals surface area (Å²) in [5, 5.41) is 13.0. The number of alkyl halides is 3. The number of ether oxygens (including phenoxy) is 2. The van der Waals surface area contributed by atoms with Crippen molar-refractivity contribution in [3.05, 3.63) is 58.1 Å². The van der Waals surface area contributed by atoms with E-state index in [1.165, 1.54) is 0 Å². The number of rotatable bonds is 9. The summed E-state index contributed by atoms with van der Waals surface area (Å²) in [6, 6.07) is 8.84. The third-order valence-corrected chi connectivity index (χ3v) is 3.72. The van der Waals surface area contributed by atoms with Crippen molar-refractivity contribution in [2.24, 2.45) is 0 Å². The molecule has 2 rings (SSSR count). The van der Waals surface area contributed by atoms with Gasteiger partial charge in [-0.25, -0.2) is 0 Å². The van der Waals surface area contributed by atoms with Crippen LogP contribution in [0.3, 0.4) is 0 Å². The fraction of sp³-hybridized carbons (Fsp3) is 0.316. The van der Waals surface area contributed by atoms with Crippen LogP contribution in [0, 0.1) is 10.1 Å². The van der Waals surface area contributed by atoms with Gasteiger partial charge in [0.05, 0.1) is 11.5 Å². The fourth-order valence-corrected chi connectivity index (χ4v) is 2.33. The smallest absolute Gasteiger partial charge is 0.423 e. The van der Waals surface area contributed by atoms with Crippen LogP contribution in [-0.2, 0) is 11.0 Å². The molecule has 7 nitrogen and oxygen atoms in total. The van der Waals surface area contributed by atoms with Crippen LogP contribution >= 0.6 is 0 Å². The lowest BCUT2D eigenvalue weighted by atomic mass is 10.1.